The molecular weight excluding hydrogens is 306 g/mol. The molecule has 90 valence electrons. The summed E-state index contributed by atoms with van der Waals surface area (Å²) in [7, 11) is 0. The molecule has 0 unspecified atom stereocenters. The van der Waals surface area contributed by atoms with Crippen molar-refractivity contribution >= 4 is 27.7 Å². The molecule has 0 spiro atoms. The summed E-state index contributed by atoms with van der Waals surface area (Å²) in [5, 5.41) is 8.83. The summed E-state index contributed by atoms with van der Waals surface area (Å²) in [5.41, 5.74) is 3.27. The molecule has 0 amide bonds. The van der Waals surface area contributed by atoms with Gasteiger partial charge in [0.05, 0.1) is 11.6 Å². The maximum Gasteiger partial charge on any atom is 0.0992 e. The van der Waals surface area contributed by atoms with Crippen LogP contribution in [0, 0.1) is 25.2 Å². The smallest absolute Gasteiger partial charge is 0.0992 e. The van der Waals surface area contributed by atoms with Crippen molar-refractivity contribution in [3.8, 4) is 6.07 Å². The molecule has 2 aromatic carbocycles. The zero-order chi connectivity index (χ0) is 13.1. The third-order valence-corrected chi connectivity index (χ3v) is 4.75. The van der Waals surface area contributed by atoms with Crippen molar-refractivity contribution in [2.24, 2.45) is 0 Å². The van der Waals surface area contributed by atoms with Crippen LogP contribution >= 0.6 is 27.7 Å². The Kier molecular flexibility index (Phi) is 4.11. The maximum atomic E-state index is 8.83. The maximum absolute atomic E-state index is 8.83. The number of nitrogens with zero attached hydrogens (tertiary/aromatic N) is 1. The van der Waals surface area contributed by atoms with Crippen molar-refractivity contribution in [3.63, 3.8) is 0 Å². The van der Waals surface area contributed by atoms with E-state index in [0.717, 1.165) is 9.37 Å². The summed E-state index contributed by atoms with van der Waals surface area (Å²) in [5.74, 6) is 0. The molecule has 2 aromatic rings. The first-order valence-electron chi connectivity index (χ1n) is 5.55. The molecule has 1 nitrogen and oxygen atoms in total. The Morgan fingerprint density at radius 3 is 2.44 bits per heavy atom. The van der Waals surface area contributed by atoms with Crippen LogP contribution in [0.5, 0.6) is 0 Å². The number of aryl methyl sites for hydroxylation is 2. The van der Waals surface area contributed by atoms with Crippen molar-refractivity contribution in [3.05, 3.63) is 57.6 Å². The number of nitriles is 1. The second kappa shape index (κ2) is 5.60. The third kappa shape index (κ3) is 2.95. The molecule has 0 aliphatic rings. The van der Waals surface area contributed by atoms with E-state index in [1.54, 1.807) is 11.8 Å². The standard InChI is InChI=1S/C15H12BrNS/c1-10-3-5-13(7-11(10)2)18-15-6-4-12(9-17)8-14(15)16/h3-8H,1-2H3. The van der Waals surface area contributed by atoms with Crippen LogP contribution in [-0.2, 0) is 0 Å². The van der Waals surface area contributed by atoms with E-state index in [1.165, 1.54) is 16.0 Å². The van der Waals surface area contributed by atoms with Gasteiger partial charge < -0.3 is 0 Å². The zero-order valence-electron chi connectivity index (χ0n) is 10.2. The van der Waals surface area contributed by atoms with Gasteiger partial charge in [-0.15, -0.1) is 0 Å². The molecule has 0 saturated heterocycles. The van der Waals surface area contributed by atoms with E-state index < -0.39 is 0 Å². The minimum atomic E-state index is 0.673. The molecule has 18 heavy (non-hydrogen) atoms. The normalized spacial score (nSPS) is 10.1. The third-order valence-electron chi connectivity index (χ3n) is 2.77. The van der Waals surface area contributed by atoms with Gasteiger partial charge in [0.25, 0.3) is 0 Å². The lowest BCUT2D eigenvalue weighted by Gasteiger charge is -2.07. The first-order valence-corrected chi connectivity index (χ1v) is 7.16. The van der Waals surface area contributed by atoms with Gasteiger partial charge >= 0.3 is 0 Å². The van der Waals surface area contributed by atoms with Crippen LogP contribution in [0.4, 0.5) is 0 Å². The molecule has 0 radical (unpaired) electrons. The molecule has 0 aliphatic carbocycles. The molecule has 0 aromatic heterocycles. The van der Waals surface area contributed by atoms with Gasteiger partial charge in [0, 0.05) is 14.3 Å². The number of hydrogen-bond donors (Lipinski definition) is 0. The van der Waals surface area contributed by atoms with Gasteiger partial charge in [-0.2, -0.15) is 5.26 Å². The number of rotatable bonds is 2. The van der Waals surface area contributed by atoms with Gasteiger partial charge in [-0.25, -0.2) is 0 Å². The van der Waals surface area contributed by atoms with Crippen LogP contribution in [0.25, 0.3) is 0 Å². The Balaban J connectivity index is 2.29. The second-order valence-corrected chi connectivity index (χ2v) is 6.07. The molecule has 0 aliphatic heterocycles. The monoisotopic (exact) mass is 317 g/mol. The van der Waals surface area contributed by atoms with Crippen LogP contribution in [0.3, 0.4) is 0 Å². The van der Waals surface area contributed by atoms with E-state index in [9.17, 15) is 0 Å². The highest BCUT2D eigenvalue weighted by atomic mass is 79.9. The lowest BCUT2D eigenvalue weighted by molar-refractivity contribution is 1.27. The van der Waals surface area contributed by atoms with Crippen LogP contribution in [-0.4, -0.2) is 0 Å². The molecule has 0 N–H and O–H groups in total. The Morgan fingerprint density at radius 2 is 1.83 bits per heavy atom. The van der Waals surface area contributed by atoms with Gasteiger partial charge in [-0.1, -0.05) is 17.8 Å². The van der Waals surface area contributed by atoms with E-state index in [-0.39, 0.29) is 0 Å². The topological polar surface area (TPSA) is 23.8 Å². The van der Waals surface area contributed by atoms with Crippen LogP contribution < -0.4 is 0 Å². The van der Waals surface area contributed by atoms with Crippen molar-refractivity contribution in [2.75, 3.05) is 0 Å². The van der Waals surface area contributed by atoms with Gasteiger partial charge in [-0.05, 0) is 71.2 Å². The lowest BCUT2D eigenvalue weighted by Crippen LogP contribution is -1.83. The summed E-state index contributed by atoms with van der Waals surface area (Å²) in [6.45, 7) is 4.23. The molecule has 2 rings (SSSR count). The molecule has 0 fully saturated rings. The predicted octanol–water partition coefficient (Wildman–Crippen LogP) is 5.09. The summed E-state index contributed by atoms with van der Waals surface area (Å²) in [4.78, 5) is 2.33. The quantitative estimate of drug-likeness (QED) is 0.770. The number of halogens is 1. The highest BCUT2D eigenvalue weighted by Gasteiger charge is 2.04. The Hall–Kier alpha value is -1.24. The predicted molar refractivity (Wildman–Crippen MR) is 78.9 cm³/mol. The van der Waals surface area contributed by atoms with Crippen LogP contribution in [0.15, 0.2) is 50.7 Å². The molecule has 0 bridgehead atoms. The summed E-state index contributed by atoms with van der Waals surface area (Å²) >= 11 is 5.21. The summed E-state index contributed by atoms with van der Waals surface area (Å²) in [6.07, 6.45) is 0. The van der Waals surface area contributed by atoms with E-state index in [1.807, 2.05) is 18.2 Å². The second-order valence-electron chi connectivity index (χ2n) is 4.11. The Bertz CT molecular complexity index is 629. The number of hydrogen-bond acceptors (Lipinski definition) is 2. The molecule has 0 atom stereocenters. The van der Waals surface area contributed by atoms with Crippen molar-refractivity contribution < 1.29 is 0 Å². The average Bonchev–Trinajstić information content (AvgIpc) is 2.36. The van der Waals surface area contributed by atoms with Gasteiger partial charge in [0.15, 0.2) is 0 Å². The molecule has 0 heterocycles. The zero-order valence-corrected chi connectivity index (χ0v) is 12.6. The Labute approximate surface area is 120 Å². The highest BCUT2D eigenvalue weighted by molar-refractivity contribution is 9.10. The minimum Gasteiger partial charge on any atom is -0.192 e. The van der Waals surface area contributed by atoms with Gasteiger partial charge in [0.2, 0.25) is 0 Å². The first kappa shape index (κ1) is 13.2. The fourth-order valence-electron chi connectivity index (χ4n) is 1.56. The van der Waals surface area contributed by atoms with Gasteiger partial charge in [-0.3, -0.25) is 0 Å². The van der Waals surface area contributed by atoms with E-state index in [2.05, 4.69) is 54.0 Å². The molecular formula is C15H12BrNS. The number of benzene rings is 2. The van der Waals surface area contributed by atoms with Crippen molar-refractivity contribution in [1.29, 1.82) is 5.26 Å². The first-order chi connectivity index (χ1) is 8.60. The van der Waals surface area contributed by atoms with Crippen LogP contribution in [0.2, 0.25) is 0 Å². The molecule has 0 saturated carbocycles. The molecule has 3 heteroatoms. The minimum absolute atomic E-state index is 0.673. The van der Waals surface area contributed by atoms with Crippen molar-refractivity contribution in [2.45, 2.75) is 23.6 Å². The van der Waals surface area contributed by atoms with Crippen molar-refractivity contribution in [1.82, 2.24) is 0 Å². The highest BCUT2D eigenvalue weighted by Crippen LogP contribution is 2.34. The summed E-state index contributed by atoms with van der Waals surface area (Å²) in [6, 6.07) is 14.2. The average molecular weight is 318 g/mol. The SMILES string of the molecule is Cc1ccc(Sc2ccc(C#N)cc2Br)cc1C. The van der Waals surface area contributed by atoms with E-state index >= 15 is 0 Å². The fraction of sp³-hybridized carbons (Fsp3) is 0.133. The fourth-order valence-corrected chi connectivity index (χ4v) is 3.10. The lowest BCUT2D eigenvalue weighted by atomic mass is 10.1. The van der Waals surface area contributed by atoms with Crippen LogP contribution in [0.1, 0.15) is 16.7 Å². The van der Waals surface area contributed by atoms with E-state index in [0.29, 0.717) is 5.56 Å². The summed E-state index contributed by atoms with van der Waals surface area (Å²) < 4.78 is 0.963. The van der Waals surface area contributed by atoms with Gasteiger partial charge in [0.1, 0.15) is 0 Å². The largest absolute Gasteiger partial charge is 0.192 e. The van der Waals surface area contributed by atoms with E-state index in [4.69, 9.17) is 5.26 Å². The Morgan fingerprint density at radius 1 is 1.06 bits per heavy atom.